The van der Waals surface area contributed by atoms with Crippen molar-refractivity contribution in [3.63, 3.8) is 0 Å². The van der Waals surface area contributed by atoms with Crippen molar-refractivity contribution in [1.29, 1.82) is 0 Å². The number of hydrogen-bond donors (Lipinski definition) is 1. The number of rotatable bonds is 10. The number of alkyl halides is 6. The van der Waals surface area contributed by atoms with Crippen molar-refractivity contribution in [1.82, 2.24) is 8.80 Å². The zero-order valence-electron chi connectivity index (χ0n) is 23.4. The summed E-state index contributed by atoms with van der Waals surface area (Å²) in [5.74, 6) is 0. The van der Waals surface area contributed by atoms with Crippen LogP contribution in [0.3, 0.4) is 0 Å². The number of sulfonamides is 2. The summed E-state index contributed by atoms with van der Waals surface area (Å²) >= 11 is 0. The maximum absolute atomic E-state index is 14.0. The molecule has 15 heteroatoms. The number of nitrogens with one attached hydrogen (secondary N) is 1. The normalized spacial score (nSPS) is 23.0. The summed E-state index contributed by atoms with van der Waals surface area (Å²) in [7, 11) is -17.0. The quantitative estimate of drug-likeness (QED) is 0.149. The SMILES string of the molecule is CCC(CC)(N[PH](C1CCCCC1)(C1CCCCC1)C1CCCCC1)N(S(=O)(=O)C(F)(F)F)S(=O)(=O)C(F)(F)F. The van der Waals surface area contributed by atoms with Gasteiger partial charge in [-0.15, -0.1) is 0 Å². The second-order valence-corrected chi connectivity index (χ2v) is 20.3. The molecule has 0 aromatic heterocycles. The van der Waals surface area contributed by atoms with Crippen LogP contribution in [-0.2, 0) is 20.0 Å². The molecule has 6 nitrogen and oxygen atoms in total. The minimum atomic E-state index is -6.94. The fourth-order valence-corrected chi connectivity index (χ4v) is 19.5. The van der Waals surface area contributed by atoms with E-state index >= 15 is 0 Å². The first-order chi connectivity index (χ1) is 18.5. The Morgan fingerprint density at radius 1 is 0.600 bits per heavy atom. The molecule has 0 bridgehead atoms. The summed E-state index contributed by atoms with van der Waals surface area (Å²) in [5.41, 5.74) is -15.0. The van der Waals surface area contributed by atoms with Gasteiger partial charge in [-0.2, -0.15) is 0 Å². The summed E-state index contributed by atoms with van der Waals surface area (Å²) in [6.45, 7) is 2.56. The Labute approximate surface area is 235 Å². The Hall–Kier alpha value is -0.170. The molecule has 238 valence electrons. The average Bonchev–Trinajstić information content (AvgIpc) is 2.91. The van der Waals surface area contributed by atoms with E-state index in [1.165, 1.54) is 13.8 Å². The third-order valence-electron chi connectivity index (χ3n) is 9.83. The van der Waals surface area contributed by atoms with Crippen molar-refractivity contribution >= 4 is 27.5 Å². The standard InChI is InChI=1S/C25H45F6N2O4PS2/c1-3-23(4-2,33(39(34,35)24(26,27)28)40(36,37)25(29,30)31)32-38(20-14-8-5-9-15-20,21-16-10-6-11-17-21)22-18-12-7-13-19-22/h20-22,32,38H,3-19H2,1-2H3. The van der Waals surface area contributed by atoms with Gasteiger partial charge in [0.25, 0.3) is 0 Å². The molecule has 0 amide bonds. The van der Waals surface area contributed by atoms with Crippen LogP contribution in [0.25, 0.3) is 0 Å². The van der Waals surface area contributed by atoms with E-state index in [0.717, 1.165) is 96.3 Å². The molecule has 0 aromatic carbocycles. The molecule has 1 N–H and O–H groups in total. The fourth-order valence-electron chi connectivity index (χ4n) is 7.96. The van der Waals surface area contributed by atoms with Crippen molar-refractivity contribution in [2.24, 2.45) is 0 Å². The molecule has 0 aromatic rings. The Morgan fingerprint density at radius 2 is 0.875 bits per heavy atom. The van der Waals surface area contributed by atoms with Crippen molar-refractivity contribution < 1.29 is 43.2 Å². The van der Waals surface area contributed by atoms with Gasteiger partial charge in [0.1, 0.15) is 0 Å². The van der Waals surface area contributed by atoms with Gasteiger partial charge in [0.05, 0.1) is 0 Å². The van der Waals surface area contributed by atoms with Gasteiger partial charge in [-0.1, -0.05) is 0 Å². The Morgan fingerprint density at radius 3 is 1.10 bits per heavy atom. The van der Waals surface area contributed by atoms with E-state index in [1.54, 1.807) is 0 Å². The average molecular weight is 647 g/mol. The summed E-state index contributed by atoms with van der Waals surface area (Å²) in [5, 5.41) is 3.35. The van der Waals surface area contributed by atoms with Gasteiger partial charge in [-0.05, 0) is 0 Å². The molecule has 0 atom stereocenters. The van der Waals surface area contributed by atoms with Crippen LogP contribution >= 0.6 is 7.41 Å². The Balaban J connectivity index is 2.35. The zero-order chi connectivity index (χ0) is 30.0. The van der Waals surface area contributed by atoms with Gasteiger partial charge < -0.3 is 0 Å². The number of halogens is 6. The second kappa shape index (κ2) is 12.8. The van der Waals surface area contributed by atoms with Crippen LogP contribution in [0, 0.1) is 0 Å². The van der Waals surface area contributed by atoms with Crippen LogP contribution in [0.4, 0.5) is 26.3 Å². The van der Waals surface area contributed by atoms with Gasteiger partial charge >= 0.3 is 236 Å². The third kappa shape index (κ3) is 6.36. The van der Waals surface area contributed by atoms with Crippen LogP contribution < -0.4 is 5.09 Å². The molecule has 3 rings (SSSR count). The Kier molecular flexibility index (Phi) is 11.0. The number of nitrogens with zero attached hydrogens (tertiary/aromatic N) is 1. The second-order valence-electron chi connectivity index (χ2n) is 11.9. The van der Waals surface area contributed by atoms with Crippen LogP contribution in [0.1, 0.15) is 123 Å². The van der Waals surface area contributed by atoms with Gasteiger partial charge in [-0.3, -0.25) is 0 Å². The predicted octanol–water partition coefficient (Wildman–Crippen LogP) is 7.76. The topological polar surface area (TPSA) is 83.6 Å². The van der Waals surface area contributed by atoms with Gasteiger partial charge in [0.2, 0.25) is 0 Å². The minimum absolute atomic E-state index is 0.0222. The molecule has 0 spiro atoms. The van der Waals surface area contributed by atoms with E-state index in [1.807, 2.05) is 0 Å². The van der Waals surface area contributed by atoms with E-state index in [0.29, 0.717) is 0 Å². The summed E-state index contributed by atoms with van der Waals surface area (Å²) in [6.07, 6.45) is 11.8. The summed E-state index contributed by atoms with van der Waals surface area (Å²) in [4.78, 5) is 0. The molecule has 3 aliphatic rings. The molecule has 0 heterocycles. The summed E-state index contributed by atoms with van der Waals surface area (Å²) in [6, 6.07) is 0. The van der Waals surface area contributed by atoms with Crippen LogP contribution in [-0.4, -0.2) is 54.2 Å². The van der Waals surface area contributed by atoms with E-state index in [9.17, 15) is 43.2 Å². The van der Waals surface area contributed by atoms with Crippen molar-refractivity contribution in [2.45, 2.75) is 157 Å². The molecule has 0 aliphatic heterocycles. The number of hydrogen-bond acceptors (Lipinski definition) is 5. The van der Waals surface area contributed by atoms with Gasteiger partial charge in [-0.25, -0.2) is 0 Å². The van der Waals surface area contributed by atoms with Crippen molar-refractivity contribution in [2.75, 3.05) is 0 Å². The zero-order valence-corrected chi connectivity index (χ0v) is 26.1. The molecule has 0 saturated heterocycles. The maximum atomic E-state index is 14.0. The van der Waals surface area contributed by atoms with Crippen molar-refractivity contribution in [3.05, 3.63) is 0 Å². The molecular formula is C25H45F6N2O4PS2. The van der Waals surface area contributed by atoms with Crippen LogP contribution in [0.2, 0.25) is 0 Å². The van der Waals surface area contributed by atoms with E-state index in [2.05, 4.69) is 5.09 Å². The molecule has 0 radical (unpaired) electrons. The van der Waals surface area contributed by atoms with E-state index in [4.69, 9.17) is 0 Å². The fraction of sp³-hybridized carbons (Fsp3) is 1.00. The predicted molar refractivity (Wildman–Crippen MR) is 147 cm³/mol. The van der Waals surface area contributed by atoms with Gasteiger partial charge in [0, 0.05) is 0 Å². The van der Waals surface area contributed by atoms with Gasteiger partial charge in [0.15, 0.2) is 0 Å². The molecule has 3 saturated carbocycles. The van der Waals surface area contributed by atoms with Crippen LogP contribution in [0.15, 0.2) is 0 Å². The summed E-state index contributed by atoms with van der Waals surface area (Å²) < 4.78 is 135. The third-order valence-corrected chi connectivity index (χ3v) is 20.4. The first-order valence-corrected chi connectivity index (χ1v) is 19.8. The molecule has 0 unspecified atom stereocenters. The molecule has 40 heavy (non-hydrogen) atoms. The van der Waals surface area contributed by atoms with Crippen LogP contribution in [0.5, 0.6) is 0 Å². The van der Waals surface area contributed by atoms with Crippen molar-refractivity contribution in [3.8, 4) is 0 Å². The molecular weight excluding hydrogens is 601 g/mol. The van der Waals surface area contributed by atoms with E-state index in [-0.39, 0.29) is 17.0 Å². The molecule has 3 fully saturated rings. The van der Waals surface area contributed by atoms with E-state index < -0.39 is 60.7 Å². The first-order valence-electron chi connectivity index (χ1n) is 14.7. The Bertz CT molecular complexity index is 957. The first kappa shape index (κ1) is 34.3. The molecule has 3 aliphatic carbocycles. The monoisotopic (exact) mass is 646 g/mol.